The van der Waals surface area contributed by atoms with Crippen molar-refractivity contribution in [1.29, 1.82) is 0 Å². The quantitative estimate of drug-likeness (QED) is 0.866. The number of halogens is 1. The molecule has 1 saturated heterocycles. The summed E-state index contributed by atoms with van der Waals surface area (Å²) in [4.78, 5) is 4.40. The van der Waals surface area contributed by atoms with Crippen molar-refractivity contribution in [3.05, 3.63) is 22.3 Å². The van der Waals surface area contributed by atoms with Gasteiger partial charge in [-0.05, 0) is 54.4 Å². The summed E-state index contributed by atoms with van der Waals surface area (Å²) in [5.41, 5.74) is 1.30. The summed E-state index contributed by atoms with van der Waals surface area (Å²) in [6.07, 6.45) is 3.02. The van der Waals surface area contributed by atoms with Crippen LogP contribution >= 0.6 is 15.9 Å². The Hall–Kier alpha value is -0.610. The lowest BCUT2D eigenvalue weighted by Gasteiger charge is -2.25. The Bertz CT molecular complexity index is 359. The van der Waals surface area contributed by atoms with Gasteiger partial charge in [-0.3, -0.25) is 0 Å². The highest BCUT2D eigenvalue weighted by molar-refractivity contribution is 9.10. The van der Waals surface area contributed by atoms with Crippen LogP contribution in [-0.4, -0.2) is 23.6 Å². The molecule has 1 aliphatic rings. The molecule has 1 aromatic rings. The fraction of sp³-hybridized carbons (Fsp3) is 0.545. The molecule has 2 heterocycles. The van der Waals surface area contributed by atoms with Gasteiger partial charge in [0.1, 0.15) is 5.82 Å². The predicted molar refractivity (Wildman–Crippen MR) is 66.2 cm³/mol. The largest absolute Gasteiger partial charge is 0.363 e. The standard InChI is InChI=1S/C11H16BrN3/c1-8-5-9(12)10(14-6-8)15-11(2)3-4-13-7-11/h5-6,13H,3-4,7H2,1-2H3,(H,14,15). The molecule has 0 saturated carbocycles. The maximum atomic E-state index is 4.40. The van der Waals surface area contributed by atoms with Gasteiger partial charge < -0.3 is 10.6 Å². The first-order chi connectivity index (χ1) is 7.09. The van der Waals surface area contributed by atoms with Gasteiger partial charge in [-0.15, -0.1) is 0 Å². The Labute approximate surface area is 98.8 Å². The number of nitrogens with one attached hydrogen (secondary N) is 2. The molecule has 0 bridgehead atoms. The molecular formula is C11H16BrN3. The Morgan fingerprint density at radius 1 is 1.60 bits per heavy atom. The maximum absolute atomic E-state index is 4.40. The Morgan fingerprint density at radius 2 is 2.40 bits per heavy atom. The van der Waals surface area contributed by atoms with Crippen LogP contribution in [0, 0.1) is 6.92 Å². The monoisotopic (exact) mass is 269 g/mol. The zero-order valence-corrected chi connectivity index (χ0v) is 10.7. The van der Waals surface area contributed by atoms with Crippen molar-refractivity contribution < 1.29 is 0 Å². The lowest BCUT2D eigenvalue weighted by atomic mass is 10.0. The lowest BCUT2D eigenvalue weighted by molar-refractivity contribution is 0.564. The van der Waals surface area contributed by atoms with E-state index in [4.69, 9.17) is 0 Å². The van der Waals surface area contributed by atoms with Crippen LogP contribution in [0.15, 0.2) is 16.7 Å². The van der Waals surface area contributed by atoms with Gasteiger partial charge in [0.25, 0.3) is 0 Å². The smallest absolute Gasteiger partial charge is 0.140 e. The minimum Gasteiger partial charge on any atom is -0.363 e. The predicted octanol–water partition coefficient (Wildman–Crippen LogP) is 2.32. The maximum Gasteiger partial charge on any atom is 0.140 e. The van der Waals surface area contributed by atoms with E-state index >= 15 is 0 Å². The fourth-order valence-corrected chi connectivity index (χ4v) is 2.40. The molecule has 0 spiro atoms. The third kappa shape index (κ3) is 2.49. The molecule has 1 aliphatic heterocycles. The number of pyridine rings is 1. The average molecular weight is 270 g/mol. The second-order valence-corrected chi connectivity index (χ2v) is 5.31. The average Bonchev–Trinajstić information content (AvgIpc) is 2.58. The second kappa shape index (κ2) is 4.10. The third-order valence-electron chi connectivity index (χ3n) is 2.77. The first-order valence-electron chi connectivity index (χ1n) is 5.20. The van der Waals surface area contributed by atoms with Gasteiger partial charge in [0, 0.05) is 18.3 Å². The molecule has 0 radical (unpaired) electrons. The summed E-state index contributed by atoms with van der Waals surface area (Å²) in [6.45, 7) is 6.34. The van der Waals surface area contributed by atoms with Gasteiger partial charge >= 0.3 is 0 Å². The molecule has 4 heteroatoms. The molecule has 15 heavy (non-hydrogen) atoms. The molecule has 2 rings (SSSR count). The molecule has 1 aromatic heterocycles. The number of hydrogen-bond donors (Lipinski definition) is 2. The van der Waals surface area contributed by atoms with Gasteiger partial charge in [-0.1, -0.05) is 0 Å². The molecule has 3 nitrogen and oxygen atoms in total. The SMILES string of the molecule is Cc1cnc(NC2(C)CCNC2)c(Br)c1. The Balaban J connectivity index is 2.16. The van der Waals surface area contributed by atoms with Crippen molar-refractivity contribution in [3.63, 3.8) is 0 Å². The molecule has 1 atom stereocenters. The summed E-state index contributed by atoms with van der Waals surface area (Å²) < 4.78 is 1.04. The minimum absolute atomic E-state index is 0.130. The van der Waals surface area contributed by atoms with Crippen LogP contribution in [0.4, 0.5) is 5.82 Å². The van der Waals surface area contributed by atoms with Crippen molar-refractivity contribution in [3.8, 4) is 0 Å². The van der Waals surface area contributed by atoms with Crippen molar-refractivity contribution in [1.82, 2.24) is 10.3 Å². The first-order valence-corrected chi connectivity index (χ1v) is 5.99. The summed E-state index contributed by atoms with van der Waals surface area (Å²) in [5, 5.41) is 6.85. The summed E-state index contributed by atoms with van der Waals surface area (Å²) in [5.74, 6) is 0.937. The molecule has 0 amide bonds. The highest BCUT2D eigenvalue weighted by Gasteiger charge is 2.28. The second-order valence-electron chi connectivity index (χ2n) is 4.46. The van der Waals surface area contributed by atoms with Crippen molar-refractivity contribution >= 4 is 21.7 Å². The van der Waals surface area contributed by atoms with E-state index in [2.05, 4.69) is 44.5 Å². The topological polar surface area (TPSA) is 37.0 Å². The van der Waals surface area contributed by atoms with E-state index in [0.717, 1.165) is 29.8 Å². The molecule has 82 valence electrons. The van der Waals surface area contributed by atoms with Gasteiger partial charge in [0.2, 0.25) is 0 Å². The van der Waals surface area contributed by atoms with E-state index in [9.17, 15) is 0 Å². The number of rotatable bonds is 2. The lowest BCUT2D eigenvalue weighted by Crippen LogP contribution is -2.37. The van der Waals surface area contributed by atoms with Crippen molar-refractivity contribution in [2.75, 3.05) is 18.4 Å². The minimum atomic E-state index is 0.130. The van der Waals surface area contributed by atoms with Gasteiger partial charge in [0.15, 0.2) is 0 Å². The van der Waals surface area contributed by atoms with E-state index in [0.29, 0.717) is 0 Å². The Kier molecular flexibility index (Phi) is 2.98. The number of aromatic nitrogens is 1. The first kappa shape index (κ1) is 10.9. The van der Waals surface area contributed by atoms with Crippen LogP contribution < -0.4 is 10.6 Å². The number of nitrogens with zero attached hydrogens (tertiary/aromatic N) is 1. The van der Waals surface area contributed by atoms with Gasteiger partial charge in [-0.25, -0.2) is 4.98 Å². The zero-order chi connectivity index (χ0) is 10.9. The van der Waals surface area contributed by atoms with E-state index < -0.39 is 0 Å². The van der Waals surface area contributed by atoms with Crippen LogP contribution in [0.5, 0.6) is 0 Å². The fourth-order valence-electron chi connectivity index (χ4n) is 1.84. The zero-order valence-electron chi connectivity index (χ0n) is 9.10. The van der Waals surface area contributed by atoms with Crippen LogP contribution in [-0.2, 0) is 0 Å². The number of hydrogen-bond acceptors (Lipinski definition) is 3. The summed E-state index contributed by atoms with van der Waals surface area (Å²) in [6, 6.07) is 2.08. The van der Waals surface area contributed by atoms with Crippen molar-refractivity contribution in [2.45, 2.75) is 25.8 Å². The highest BCUT2D eigenvalue weighted by Crippen LogP contribution is 2.26. The molecule has 1 fully saturated rings. The number of aryl methyl sites for hydroxylation is 1. The van der Waals surface area contributed by atoms with Crippen LogP contribution in [0.2, 0.25) is 0 Å². The highest BCUT2D eigenvalue weighted by atomic mass is 79.9. The van der Waals surface area contributed by atoms with E-state index in [1.807, 2.05) is 13.1 Å². The normalized spacial score (nSPS) is 25.5. The van der Waals surface area contributed by atoms with E-state index in [1.165, 1.54) is 5.56 Å². The molecule has 0 aliphatic carbocycles. The van der Waals surface area contributed by atoms with E-state index in [-0.39, 0.29) is 5.54 Å². The molecular weight excluding hydrogens is 254 g/mol. The Morgan fingerprint density at radius 3 is 3.00 bits per heavy atom. The summed E-state index contributed by atoms with van der Waals surface area (Å²) in [7, 11) is 0. The van der Waals surface area contributed by atoms with Crippen LogP contribution in [0.1, 0.15) is 18.9 Å². The third-order valence-corrected chi connectivity index (χ3v) is 3.37. The van der Waals surface area contributed by atoms with E-state index in [1.54, 1.807) is 0 Å². The van der Waals surface area contributed by atoms with Crippen LogP contribution in [0.25, 0.3) is 0 Å². The molecule has 0 aromatic carbocycles. The van der Waals surface area contributed by atoms with Gasteiger partial charge in [-0.2, -0.15) is 0 Å². The molecule has 1 unspecified atom stereocenters. The van der Waals surface area contributed by atoms with Crippen LogP contribution in [0.3, 0.4) is 0 Å². The van der Waals surface area contributed by atoms with Gasteiger partial charge in [0.05, 0.1) is 4.47 Å². The molecule has 2 N–H and O–H groups in total. The van der Waals surface area contributed by atoms with Crippen molar-refractivity contribution in [2.24, 2.45) is 0 Å². The number of anilines is 1. The summed E-state index contributed by atoms with van der Waals surface area (Å²) >= 11 is 3.53.